The van der Waals surface area contributed by atoms with Gasteiger partial charge in [-0.3, -0.25) is 9.59 Å². The van der Waals surface area contributed by atoms with Crippen molar-refractivity contribution in [2.45, 2.75) is 78.7 Å². The van der Waals surface area contributed by atoms with Gasteiger partial charge in [-0.25, -0.2) is 0 Å². The molecule has 24 heavy (non-hydrogen) atoms. The van der Waals surface area contributed by atoms with Gasteiger partial charge in [0.2, 0.25) is 11.8 Å². The van der Waals surface area contributed by atoms with Crippen molar-refractivity contribution in [1.82, 2.24) is 10.1 Å². The van der Waals surface area contributed by atoms with E-state index in [-0.39, 0.29) is 24.4 Å². The molecule has 0 spiro atoms. The Balaban J connectivity index is 2.51. The summed E-state index contributed by atoms with van der Waals surface area (Å²) in [5.41, 5.74) is 0. The minimum Gasteiger partial charge on any atom is -0.360 e. The minimum atomic E-state index is -0.247. The van der Waals surface area contributed by atoms with Gasteiger partial charge in [0.25, 0.3) is 0 Å². The summed E-state index contributed by atoms with van der Waals surface area (Å²) in [5.74, 6) is 0.816. The minimum absolute atomic E-state index is 0.0398. The Morgan fingerprint density at radius 2 is 1.96 bits per heavy atom. The number of nitrogens with one attached hydrogen (secondary N) is 1. The molecule has 0 fully saturated rings. The maximum absolute atomic E-state index is 12.5. The zero-order valence-electron chi connectivity index (χ0n) is 15.4. The largest absolute Gasteiger partial charge is 0.360 e. The van der Waals surface area contributed by atoms with Gasteiger partial charge < -0.3 is 14.7 Å². The molecule has 1 N–H and O–H groups in total. The van der Waals surface area contributed by atoms with Gasteiger partial charge in [-0.15, -0.1) is 0 Å². The third kappa shape index (κ3) is 7.15. The van der Waals surface area contributed by atoms with Crippen LogP contribution in [0.1, 0.15) is 71.5 Å². The Morgan fingerprint density at radius 3 is 2.54 bits per heavy atom. The van der Waals surface area contributed by atoms with Crippen LogP contribution in [0.3, 0.4) is 0 Å². The maximum atomic E-state index is 12.5. The molecule has 0 bridgehead atoms. The van der Waals surface area contributed by atoms with Gasteiger partial charge in [-0.1, -0.05) is 44.7 Å². The fraction of sp³-hybridized carbons (Fsp3) is 0.722. The van der Waals surface area contributed by atoms with E-state index in [1.54, 1.807) is 17.9 Å². The fourth-order valence-electron chi connectivity index (χ4n) is 2.50. The number of carbonyl (C=O) groups excluding carboxylic acids is 2. The SMILES string of the molecule is CCCCCCCC(=O)N(CC(=O)Nc1cc(C)on1)C(C)CC. The van der Waals surface area contributed by atoms with E-state index in [4.69, 9.17) is 4.52 Å². The fourth-order valence-corrected chi connectivity index (χ4v) is 2.50. The van der Waals surface area contributed by atoms with Crippen molar-refractivity contribution >= 4 is 17.6 Å². The van der Waals surface area contributed by atoms with Gasteiger partial charge in [0.15, 0.2) is 5.82 Å². The lowest BCUT2D eigenvalue weighted by Gasteiger charge is -2.28. The second-order valence-corrected chi connectivity index (χ2v) is 6.31. The molecule has 0 saturated carbocycles. The van der Waals surface area contributed by atoms with Crippen molar-refractivity contribution in [3.05, 3.63) is 11.8 Å². The van der Waals surface area contributed by atoms with Crippen LogP contribution in [0.2, 0.25) is 0 Å². The predicted octanol–water partition coefficient (Wildman–Crippen LogP) is 3.91. The molecule has 6 heteroatoms. The van der Waals surface area contributed by atoms with Gasteiger partial charge in [0.1, 0.15) is 12.3 Å². The molecule has 6 nitrogen and oxygen atoms in total. The summed E-state index contributed by atoms with van der Waals surface area (Å²) in [6.07, 6.45) is 6.84. The number of hydrogen-bond donors (Lipinski definition) is 1. The van der Waals surface area contributed by atoms with Crippen molar-refractivity contribution in [2.24, 2.45) is 0 Å². The molecule has 1 atom stereocenters. The molecule has 1 aromatic rings. The highest BCUT2D eigenvalue weighted by Crippen LogP contribution is 2.12. The number of hydrogen-bond acceptors (Lipinski definition) is 4. The van der Waals surface area contributed by atoms with Gasteiger partial charge in [-0.05, 0) is 26.7 Å². The second kappa shape index (κ2) is 10.8. The van der Waals surface area contributed by atoms with Gasteiger partial charge in [0.05, 0.1) is 0 Å². The van der Waals surface area contributed by atoms with Crippen molar-refractivity contribution < 1.29 is 14.1 Å². The van der Waals surface area contributed by atoms with Crippen molar-refractivity contribution in [2.75, 3.05) is 11.9 Å². The highest BCUT2D eigenvalue weighted by Gasteiger charge is 2.21. The lowest BCUT2D eigenvalue weighted by atomic mass is 10.1. The third-order valence-corrected chi connectivity index (χ3v) is 4.15. The molecule has 1 unspecified atom stereocenters. The summed E-state index contributed by atoms with van der Waals surface area (Å²) >= 11 is 0. The van der Waals surface area contributed by atoms with Crippen LogP contribution in [0.4, 0.5) is 5.82 Å². The number of nitrogens with zero attached hydrogens (tertiary/aromatic N) is 2. The molecule has 136 valence electrons. The van der Waals surface area contributed by atoms with E-state index in [1.165, 1.54) is 19.3 Å². The first kappa shape index (κ1) is 20.2. The van der Waals surface area contributed by atoms with Crippen LogP contribution < -0.4 is 5.32 Å². The van der Waals surface area contributed by atoms with Crippen LogP contribution in [-0.4, -0.2) is 34.5 Å². The van der Waals surface area contributed by atoms with E-state index in [1.807, 2.05) is 13.8 Å². The lowest BCUT2D eigenvalue weighted by molar-refractivity contribution is -0.136. The highest BCUT2D eigenvalue weighted by atomic mass is 16.5. The Labute approximate surface area is 145 Å². The smallest absolute Gasteiger partial charge is 0.245 e. The number of aromatic nitrogens is 1. The molecule has 1 aromatic heterocycles. The van der Waals surface area contributed by atoms with Crippen LogP contribution in [0.5, 0.6) is 0 Å². The number of unbranched alkanes of at least 4 members (excludes halogenated alkanes) is 4. The average molecular weight is 337 g/mol. The topological polar surface area (TPSA) is 75.4 Å². The molecular formula is C18H31N3O3. The van der Waals surface area contributed by atoms with Crippen molar-refractivity contribution in [3.63, 3.8) is 0 Å². The molecule has 1 rings (SSSR count). The number of rotatable bonds is 11. The quantitative estimate of drug-likeness (QED) is 0.621. The van der Waals surface area contributed by atoms with Gasteiger partial charge >= 0.3 is 0 Å². The van der Waals surface area contributed by atoms with E-state index in [0.717, 1.165) is 19.3 Å². The number of amides is 2. The van der Waals surface area contributed by atoms with E-state index in [2.05, 4.69) is 17.4 Å². The number of aryl methyl sites for hydroxylation is 1. The number of carbonyl (C=O) groups is 2. The monoisotopic (exact) mass is 337 g/mol. The first-order chi connectivity index (χ1) is 11.5. The first-order valence-electron chi connectivity index (χ1n) is 9.00. The van der Waals surface area contributed by atoms with Crippen LogP contribution >= 0.6 is 0 Å². The Morgan fingerprint density at radius 1 is 1.25 bits per heavy atom. The van der Waals surface area contributed by atoms with Crippen molar-refractivity contribution in [1.29, 1.82) is 0 Å². The summed E-state index contributed by atoms with van der Waals surface area (Å²) in [7, 11) is 0. The van der Waals surface area contributed by atoms with Crippen LogP contribution in [0.15, 0.2) is 10.6 Å². The average Bonchev–Trinajstić information content (AvgIpc) is 2.96. The second-order valence-electron chi connectivity index (χ2n) is 6.31. The van der Waals surface area contributed by atoms with Gasteiger partial charge in [-0.2, -0.15) is 0 Å². The van der Waals surface area contributed by atoms with E-state index in [0.29, 0.717) is 18.0 Å². The molecule has 0 aliphatic heterocycles. The molecule has 0 aromatic carbocycles. The maximum Gasteiger partial charge on any atom is 0.245 e. The molecular weight excluding hydrogens is 306 g/mol. The van der Waals surface area contributed by atoms with Crippen molar-refractivity contribution in [3.8, 4) is 0 Å². The zero-order valence-corrected chi connectivity index (χ0v) is 15.4. The molecule has 0 radical (unpaired) electrons. The first-order valence-corrected chi connectivity index (χ1v) is 9.00. The Bertz CT molecular complexity index is 513. The summed E-state index contributed by atoms with van der Waals surface area (Å²) in [4.78, 5) is 26.3. The Hall–Kier alpha value is -1.85. The zero-order chi connectivity index (χ0) is 17.9. The Kier molecular flexibility index (Phi) is 9.12. The van der Waals surface area contributed by atoms with Crippen LogP contribution in [0.25, 0.3) is 0 Å². The van der Waals surface area contributed by atoms with Gasteiger partial charge in [0, 0.05) is 18.5 Å². The predicted molar refractivity (Wildman–Crippen MR) is 94.7 cm³/mol. The molecule has 0 aliphatic carbocycles. The summed E-state index contributed by atoms with van der Waals surface area (Å²) in [6.45, 7) is 7.98. The molecule has 1 heterocycles. The van der Waals surface area contributed by atoms with Crippen LogP contribution in [0, 0.1) is 6.92 Å². The highest BCUT2D eigenvalue weighted by molar-refractivity contribution is 5.93. The summed E-state index contributed by atoms with van der Waals surface area (Å²) in [5, 5.41) is 6.41. The normalized spacial score (nSPS) is 12.0. The standard InChI is InChI=1S/C18H31N3O3/c1-5-7-8-9-10-11-18(23)21(14(3)6-2)13-17(22)19-16-12-15(4)24-20-16/h12,14H,5-11,13H2,1-4H3,(H,19,20,22). The van der Waals surface area contributed by atoms with E-state index >= 15 is 0 Å². The molecule has 2 amide bonds. The number of anilines is 1. The molecule has 0 saturated heterocycles. The van der Waals surface area contributed by atoms with E-state index in [9.17, 15) is 9.59 Å². The van der Waals surface area contributed by atoms with E-state index < -0.39 is 0 Å². The summed E-state index contributed by atoms with van der Waals surface area (Å²) in [6, 6.07) is 1.69. The lowest BCUT2D eigenvalue weighted by Crippen LogP contribution is -2.43. The molecule has 0 aliphatic rings. The third-order valence-electron chi connectivity index (χ3n) is 4.15. The van der Waals surface area contributed by atoms with Crippen LogP contribution in [-0.2, 0) is 9.59 Å². The summed E-state index contributed by atoms with van der Waals surface area (Å²) < 4.78 is 4.93.